The van der Waals surface area contributed by atoms with Crippen LogP contribution in [-0.4, -0.2) is 59.8 Å². The fourth-order valence-electron chi connectivity index (χ4n) is 3.39. The van der Waals surface area contributed by atoms with Crippen LogP contribution >= 0.6 is 0 Å². The van der Waals surface area contributed by atoms with Crippen LogP contribution in [0.4, 0.5) is 0 Å². The lowest BCUT2D eigenvalue weighted by molar-refractivity contribution is -0.163. The Morgan fingerprint density at radius 3 is 2.59 bits per heavy atom. The monoisotopic (exact) mass is 378 g/mol. The molecule has 150 valence electrons. The molecule has 1 aliphatic heterocycles. The van der Waals surface area contributed by atoms with Gasteiger partial charge in [-0.1, -0.05) is 18.2 Å². The lowest BCUT2D eigenvalue weighted by atomic mass is 10.0. The number of carbonyl (C=O) groups excluding carboxylic acids is 1. The second-order valence-electron chi connectivity index (χ2n) is 7.79. The molecule has 1 heterocycles. The quantitative estimate of drug-likeness (QED) is 0.669. The Morgan fingerprint density at radius 2 is 2.04 bits per heavy atom. The highest BCUT2D eigenvalue weighted by Gasteiger charge is 2.39. The van der Waals surface area contributed by atoms with Crippen molar-refractivity contribution in [2.45, 2.75) is 57.8 Å². The van der Waals surface area contributed by atoms with E-state index < -0.39 is 23.6 Å². The predicted octanol–water partition coefficient (Wildman–Crippen LogP) is 2.04. The highest BCUT2D eigenvalue weighted by atomic mass is 16.6. The first-order chi connectivity index (χ1) is 12.7. The molecular weight excluding hydrogens is 348 g/mol. The van der Waals surface area contributed by atoms with Crippen LogP contribution in [0, 0.1) is 0 Å². The average Bonchev–Trinajstić information content (AvgIpc) is 3.07. The Balaban J connectivity index is 2.34. The van der Waals surface area contributed by atoms with Crippen LogP contribution in [0.15, 0.2) is 24.3 Å². The summed E-state index contributed by atoms with van der Waals surface area (Å²) in [7, 11) is 1.57. The molecule has 7 nitrogen and oxygen atoms in total. The third-order valence-corrected chi connectivity index (χ3v) is 4.43. The summed E-state index contributed by atoms with van der Waals surface area (Å²) in [6, 6.07) is 6.59. The molecule has 7 heteroatoms. The van der Waals surface area contributed by atoms with Crippen molar-refractivity contribution in [2.24, 2.45) is 0 Å². The van der Waals surface area contributed by atoms with Gasteiger partial charge in [-0.15, -0.1) is 0 Å². The van der Waals surface area contributed by atoms with E-state index in [-0.39, 0.29) is 19.1 Å². The molecule has 0 amide bonds. The van der Waals surface area contributed by atoms with Gasteiger partial charge in [-0.3, -0.25) is 14.5 Å². The fraction of sp³-hybridized carbons (Fsp3) is 0.600. The van der Waals surface area contributed by atoms with Crippen molar-refractivity contribution in [1.29, 1.82) is 0 Å². The molecule has 1 aliphatic rings. The lowest BCUT2D eigenvalue weighted by Crippen LogP contribution is -2.55. The Hall–Kier alpha value is -2.12. The van der Waals surface area contributed by atoms with E-state index >= 15 is 0 Å². The SMILES string of the molecule is COc1ccccc1CN(CC(=O)O)C(C(=O)OC(C)(C)C)[C@@H]1CCCN1. The number of para-hydroxylation sites is 1. The largest absolute Gasteiger partial charge is 0.496 e. The zero-order valence-corrected chi connectivity index (χ0v) is 16.5. The molecule has 0 spiro atoms. The van der Waals surface area contributed by atoms with E-state index in [4.69, 9.17) is 9.47 Å². The van der Waals surface area contributed by atoms with E-state index in [1.165, 1.54) is 0 Å². The molecule has 2 atom stereocenters. The molecule has 1 aromatic rings. The molecule has 0 aromatic heterocycles. The van der Waals surface area contributed by atoms with E-state index in [9.17, 15) is 14.7 Å². The minimum atomic E-state index is -0.989. The van der Waals surface area contributed by atoms with Crippen molar-refractivity contribution in [3.05, 3.63) is 29.8 Å². The van der Waals surface area contributed by atoms with Gasteiger partial charge < -0.3 is 19.9 Å². The molecule has 1 fully saturated rings. The molecule has 0 aliphatic carbocycles. The summed E-state index contributed by atoms with van der Waals surface area (Å²) >= 11 is 0. The summed E-state index contributed by atoms with van der Waals surface area (Å²) in [5, 5.41) is 12.8. The Morgan fingerprint density at radius 1 is 1.33 bits per heavy atom. The Labute approximate surface area is 160 Å². The molecule has 1 saturated heterocycles. The van der Waals surface area contributed by atoms with Gasteiger partial charge in [0, 0.05) is 18.2 Å². The smallest absolute Gasteiger partial charge is 0.325 e. The van der Waals surface area contributed by atoms with E-state index in [1.54, 1.807) is 12.0 Å². The van der Waals surface area contributed by atoms with E-state index in [0.717, 1.165) is 24.9 Å². The maximum atomic E-state index is 13.0. The zero-order chi connectivity index (χ0) is 20.0. The third kappa shape index (κ3) is 6.22. The first kappa shape index (κ1) is 21.2. The van der Waals surface area contributed by atoms with Crippen LogP contribution in [0.3, 0.4) is 0 Å². The van der Waals surface area contributed by atoms with Gasteiger partial charge in [0.2, 0.25) is 0 Å². The number of ether oxygens (including phenoxy) is 2. The second-order valence-corrected chi connectivity index (χ2v) is 7.79. The highest BCUT2D eigenvalue weighted by Crippen LogP contribution is 2.24. The van der Waals surface area contributed by atoms with E-state index in [0.29, 0.717) is 5.75 Å². The van der Waals surface area contributed by atoms with Crippen LogP contribution in [0.1, 0.15) is 39.2 Å². The van der Waals surface area contributed by atoms with Crippen LogP contribution in [0.2, 0.25) is 0 Å². The summed E-state index contributed by atoms with van der Waals surface area (Å²) in [6.45, 7) is 6.25. The third-order valence-electron chi connectivity index (χ3n) is 4.43. The van der Waals surface area contributed by atoms with Crippen molar-refractivity contribution < 1.29 is 24.2 Å². The molecule has 2 N–H and O–H groups in total. The fourth-order valence-corrected chi connectivity index (χ4v) is 3.39. The first-order valence-electron chi connectivity index (χ1n) is 9.25. The van der Waals surface area contributed by atoms with Gasteiger partial charge in [-0.2, -0.15) is 0 Å². The van der Waals surface area contributed by atoms with E-state index in [2.05, 4.69) is 5.32 Å². The number of carboxylic acids is 1. The summed E-state index contributed by atoms with van der Waals surface area (Å²) < 4.78 is 11.0. The van der Waals surface area contributed by atoms with Gasteiger partial charge in [0.05, 0.1) is 13.7 Å². The van der Waals surface area contributed by atoms with Gasteiger partial charge in [-0.25, -0.2) is 0 Å². The van der Waals surface area contributed by atoms with E-state index in [1.807, 2.05) is 45.0 Å². The Kier molecular flexibility index (Phi) is 7.21. The molecule has 0 radical (unpaired) electrons. The number of hydrogen-bond donors (Lipinski definition) is 2. The van der Waals surface area contributed by atoms with Crippen LogP contribution in [0.5, 0.6) is 5.75 Å². The number of aliphatic carboxylic acids is 1. The number of hydrogen-bond acceptors (Lipinski definition) is 6. The van der Waals surface area contributed by atoms with Crippen molar-refractivity contribution in [2.75, 3.05) is 20.2 Å². The Bertz CT molecular complexity index is 650. The van der Waals surface area contributed by atoms with Crippen LogP contribution < -0.4 is 10.1 Å². The number of methoxy groups -OCH3 is 1. The van der Waals surface area contributed by atoms with Gasteiger partial charge in [0.1, 0.15) is 17.4 Å². The first-order valence-corrected chi connectivity index (χ1v) is 9.25. The molecule has 1 unspecified atom stereocenters. The van der Waals surface area contributed by atoms with Gasteiger partial charge in [0.25, 0.3) is 0 Å². The lowest BCUT2D eigenvalue weighted by Gasteiger charge is -2.35. The molecule has 1 aromatic carbocycles. The normalized spacial score (nSPS) is 18.3. The molecule has 27 heavy (non-hydrogen) atoms. The summed E-state index contributed by atoms with van der Waals surface area (Å²) in [4.78, 5) is 26.2. The number of nitrogens with zero attached hydrogens (tertiary/aromatic N) is 1. The maximum absolute atomic E-state index is 13.0. The molecule has 2 rings (SSSR count). The van der Waals surface area contributed by atoms with Gasteiger partial charge >= 0.3 is 11.9 Å². The number of benzene rings is 1. The van der Waals surface area contributed by atoms with Crippen LogP contribution in [0.25, 0.3) is 0 Å². The topological polar surface area (TPSA) is 88.1 Å². The molecule has 0 bridgehead atoms. The zero-order valence-electron chi connectivity index (χ0n) is 16.5. The average molecular weight is 378 g/mol. The van der Waals surface area contributed by atoms with Crippen LogP contribution in [-0.2, 0) is 20.9 Å². The van der Waals surface area contributed by atoms with Crippen molar-refractivity contribution in [1.82, 2.24) is 10.2 Å². The number of carbonyl (C=O) groups is 2. The van der Waals surface area contributed by atoms with Gasteiger partial charge in [-0.05, 0) is 46.2 Å². The number of carboxylic acid groups (broad SMARTS) is 1. The minimum absolute atomic E-state index is 0.145. The second kappa shape index (κ2) is 9.19. The highest BCUT2D eigenvalue weighted by molar-refractivity contribution is 5.78. The number of rotatable bonds is 8. The van der Waals surface area contributed by atoms with Crippen molar-refractivity contribution in [3.8, 4) is 5.75 Å². The predicted molar refractivity (Wildman–Crippen MR) is 102 cm³/mol. The summed E-state index contributed by atoms with van der Waals surface area (Å²) in [5.41, 5.74) is 0.181. The van der Waals surface area contributed by atoms with Gasteiger partial charge in [0.15, 0.2) is 0 Å². The summed E-state index contributed by atoms with van der Waals surface area (Å²) in [6.07, 6.45) is 1.74. The molecule has 0 saturated carbocycles. The number of esters is 1. The number of nitrogens with one attached hydrogen (secondary N) is 1. The van der Waals surface area contributed by atoms with Crippen molar-refractivity contribution >= 4 is 11.9 Å². The summed E-state index contributed by atoms with van der Waals surface area (Å²) in [5.74, 6) is -0.732. The minimum Gasteiger partial charge on any atom is -0.496 e. The standard InChI is InChI=1S/C20H30N2O5/c1-20(2,3)27-19(25)18(15-9-7-11-21-15)22(13-17(23)24)12-14-8-5-6-10-16(14)26-4/h5-6,8,10,15,18,21H,7,9,11-13H2,1-4H3,(H,23,24)/t15-,18?/m0/s1. The van der Waals surface area contributed by atoms with Crippen molar-refractivity contribution in [3.63, 3.8) is 0 Å². The molecular formula is C20H30N2O5. The maximum Gasteiger partial charge on any atom is 0.325 e.